The fourth-order valence-electron chi connectivity index (χ4n) is 1.84. The van der Waals surface area contributed by atoms with E-state index in [1.165, 1.54) is 0 Å². The minimum atomic E-state index is -0.00887. The molecule has 1 fully saturated rings. The Morgan fingerprint density at radius 2 is 2.05 bits per heavy atom. The highest BCUT2D eigenvalue weighted by atomic mass is 127. The van der Waals surface area contributed by atoms with Crippen molar-refractivity contribution in [1.29, 1.82) is 0 Å². The van der Waals surface area contributed by atoms with E-state index in [9.17, 15) is 4.79 Å². The van der Waals surface area contributed by atoms with Crippen LogP contribution in [0.4, 0.5) is 0 Å². The van der Waals surface area contributed by atoms with Crippen LogP contribution in [0, 0.1) is 5.92 Å². The van der Waals surface area contributed by atoms with Gasteiger partial charge in [-0.1, -0.05) is 13.8 Å². The highest BCUT2D eigenvalue weighted by Gasteiger charge is 2.17. The molecule has 0 aromatic carbocycles. The minimum absolute atomic E-state index is 0. The maximum Gasteiger partial charge on any atom is 0.243 e. The summed E-state index contributed by atoms with van der Waals surface area (Å²) >= 11 is 0. The third-order valence-corrected chi connectivity index (χ3v) is 3.76. The van der Waals surface area contributed by atoms with Crippen molar-refractivity contribution in [1.82, 2.24) is 15.5 Å². The molecule has 1 amide bonds. The number of ether oxygens (including phenoxy) is 1. The summed E-state index contributed by atoms with van der Waals surface area (Å²) < 4.78 is 5.60. The van der Waals surface area contributed by atoms with Crippen LogP contribution in [0.15, 0.2) is 4.99 Å². The van der Waals surface area contributed by atoms with Crippen molar-refractivity contribution < 1.29 is 9.53 Å². The van der Waals surface area contributed by atoms with Gasteiger partial charge >= 0.3 is 0 Å². The van der Waals surface area contributed by atoms with Crippen molar-refractivity contribution >= 4 is 35.8 Å². The summed E-state index contributed by atoms with van der Waals surface area (Å²) in [6.07, 6.45) is 2.45. The third kappa shape index (κ3) is 8.17. The van der Waals surface area contributed by atoms with E-state index in [4.69, 9.17) is 4.74 Å². The third-order valence-electron chi connectivity index (χ3n) is 3.76. The molecule has 0 aromatic rings. The van der Waals surface area contributed by atoms with Gasteiger partial charge in [0.2, 0.25) is 5.91 Å². The van der Waals surface area contributed by atoms with Crippen molar-refractivity contribution in [2.75, 3.05) is 33.8 Å². The molecule has 2 N–H and O–H groups in total. The predicted molar refractivity (Wildman–Crippen MR) is 101 cm³/mol. The van der Waals surface area contributed by atoms with Gasteiger partial charge in [-0.05, 0) is 25.7 Å². The van der Waals surface area contributed by atoms with Gasteiger partial charge in [0.25, 0.3) is 0 Å². The number of likely N-dealkylation sites (N-methyl/N-ethyl adjacent to an activating group) is 1. The zero-order valence-corrected chi connectivity index (χ0v) is 16.7. The molecule has 6 nitrogen and oxygen atoms in total. The van der Waals surface area contributed by atoms with Crippen molar-refractivity contribution in [3.8, 4) is 0 Å². The lowest BCUT2D eigenvalue weighted by molar-refractivity contribution is -0.127. The Kier molecular flexibility index (Phi) is 10.8. The lowest BCUT2D eigenvalue weighted by Gasteiger charge is -2.22. The van der Waals surface area contributed by atoms with Crippen LogP contribution in [0.3, 0.4) is 0 Å². The van der Waals surface area contributed by atoms with Gasteiger partial charge in [-0.2, -0.15) is 0 Å². The van der Waals surface area contributed by atoms with Crippen LogP contribution < -0.4 is 10.6 Å². The van der Waals surface area contributed by atoms with E-state index in [0.717, 1.165) is 26.0 Å². The molecule has 1 saturated heterocycles. The summed E-state index contributed by atoms with van der Waals surface area (Å²) in [6, 6.07) is 0.287. The van der Waals surface area contributed by atoms with Crippen LogP contribution >= 0.6 is 24.0 Å². The first-order valence-corrected chi connectivity index (χ1v) is 7.76. The average molecular weight is 426 g/mol. The number of nitrogens with zero attached hydrogens (tertiary/aromatic N) is 2. The largest absolute Gasteiger partial charge is 0.376 e. The maximum absolute atomic E-state index is 11.7. The molecule has 1 aliphatic rings. The van der Waals surface area contributed by atoms with Gasteiger partial charge in [0.15, 0.2) is 5.96 Å². The van der Waals surface area contributed by atoms with Gasteiger partial charge < -0.3 is 20.3 Å². The SMILES string of the molecule is CC(C)C(C)NC(=NCC(=O)N(C)C)NCC1CCCO1.I. The first-order chi connectivity index (χ1) is 9.90. The number of nitrogens with one attached hydrogen (secondary N) is 2. The summed E-state index contributed by atoms with van der Waals surface area (Å²) in [6.45, 7) is 8.14. The van der Waals surface area contributed by atoms with Crippen LogP contribution in [0.5, 0.6) is 0 Å². The van der Waals surface area contributed by atoms with E-state index >= 15 is 0 Å². The molecule has 0 spiro atoms. The van der Waals surface area contributed by atoms with Crippen LogP contribution in [0.1, 0.15) is 33.6 Å². The number of aliphatic imine (C=N–C) groups is 1. The maximum atomic E-state index is 11.7. The zero-order valence-electron chi connectivity index (χ0n) is 14.4. The van der Waals surface area contributed by atoms with E-state index in [1.54, 1.807) is 19.0 Å². The first kappa shape index (κ1) is 21.4. The number of amides is 1. The second kappa shape index (κ2) is 11.0. The van der Waals surface area contributed by atoms with Crippen molar-refractivity contribution in [2.24, 2.45) is 10.9 Å². The Labute approximate surface area is 151 Å². The summed E-state index contributed by atoms with van der Waals surface area (Å²) in [5, 5.41) is 6.63. The molecule has 7 heteroatoms. The number of carbonyl (C=O) groups excluding carboxylic acids is 1. The van der Waals surface area contributed by atoms with Crippen LogP contribution in [-0.4, -0.2) is 62.7 Å². The van der Waals surface area contributed by atoms with Crippen LogP contribution in [0.25, 0.3) is 0 Å². The van der Waals surface area contributed by atoms with Gasteiger partial charge in [0, 0.05) is 33.3 Å². The van der Waals surface area contributed by atoms with Gasteiger partial charge in [-0.15, -0.1) is 24.0 Å². The zero-order chi connectivity index (χ0) is 15.8. The molecule has 22 heavy (non-hydrogen) atoms. The summed E-state index contributed by atoms with van der Waals surface area (Å²) in [5.41, 5.74) is 0. The van der Waals surface area contributed by atoms with Crippen LogP contribution in [-0.2, 0) is 9.53 Å². The molecule has 2 unspecified atom stereocenters. The lowest BCUT2D eigenvalue weighted by atomic mass is 10.1. The monoisotopic (exact) mass is 426 g/mol. The summed E-state index contributed by atoms with van der Waals surface area (Å²) in [4.78, 5) is 17.6. The van der Waals surface area contributed by atoms with Crippen molar-refractivity contribution in [3.05, 3.63) is 0 Å². The molecular weight excluding hydrogens is 395 g/mol. The molecule has 0 radical (unpaired) electrons. The molecule has 0 saturated carbocycles. The van der Waals surface area contributed by atoms with Gasteiger partial charge in [0.1, 0.15) is 6.54 Å². The quantitative estimate of drug-likeness (QED) is 0.384. The van der Waals surface area contributed by atoms with Crippen LogP contribution in [0.2, 0.25) is 0 Å². The normalized spacial score (nSPS) is 19.5. The Morgan fingerprint density at radius 1 is 1.36 bits per heavy atom. The summed E-state index contributed by atoms with van der Waals surface area (Å²) in [7, 11) is 3.48. The second-order valence-electron chi connectivity index (χ2n) is 6.15. The van der Waals surface area contributed by atoms with E-state index in [0.29, 0.717) is 11.9 Å². The molecule has 1 rings (SSSR count). The Morgan fingerprint density at radius 3 is 2.55 bits per heavy atom. The number of hydrogen-bond donors (Lipinski definition) is 2. The number of rotatable bonds is 6. The van der Waals surface area contributed by atoms with Gasteiger partial charge in [0.05, 0.1) is 6.10 Å². The highest BCUT2D eigenvalue weighted by Crippen LogP contribution is 2.10. The second-order valence-corrected chi connectivity index (χ2v) is 6.15. The number of carbonyl (C=O) groups is 1. The van der Waals surface area contributed by atoms with E-state index in [2.05, 4.69) is 36.4 Å². The smallest absolute Gasteiger partial charge is 0.243 e. The Hall–Kier alpha value is -0.570. The lowest BCUT2D eigenvalue weighted by Crippen LogP contribution is -2.46. The highest BCUT2D eigenvalue weighted by molar-refractivity contribution is 14.0. The minimum Gasteiger partial charge on any atom is -0.376 e. The number of halogens is 1. The molecule has 130 valence electrons. The molecule has 2 atom stereocenters. The van der Waals surface area contributed by atoms with E-state index in [-0.39, 0.29) is 48.6 Å². The van der Waals surface area contributed by atoms with Gasteiger partial charge in [-0.25, -0.2) is 4.99 Å². The molecule has 0 aliphatic carbocycles. The predicted octanol–water partition coefficient (Wildman–Crippen LogP) is 1.45. The molecule has 0 bridgehead atoms. The molecule has 0 aromatic heterocycles. The first-order valence-electron chi connectivity index (χ1n) is 7.76. The van der Waals surface area contributed by atoms with E-state index < -0.39 is 0 Å². The molecule has 1 heterocycles. The van der Waals surface area contributed by atoms with E-state index in [1.807, 2.05) is 0 Å². The standard InChI is InChI=1S/C15H30N4O2.HI/c1-11(2)12(3)18-15(17-10-14(20)19(4)5)16-9-13-7-6-8-21-13;/h11-13H,6-10H2,1-5H3,(H2,16,17,18);1H. The Balaban J connectivity index is 0.00000441. The average Bonchev–Trinajstić information content (AvgIpc) is 2.94. The van der Waals surface area contributed by atoms with Crippen molar-refractivity contribution in [3.63, 3.8) is 0 Å². The number of guanidine groups is 1. The van der Waals surface area contributed by atoms with Gasteiger partial charge in [-0.3, -0.25) is 4.79 Å². The topological polar surface area (TPSA) is 66.0 Å². The fraction of sp³-hybridized carbons (Fsp3) is 0.867. The van der Waals surface area contributed by atoms with Crippen molar-refractivity contribution in [2.45, 2.75) is 45.8 Å². The summed E-state index contributed by atoms with van der Waals surface area (Å²) in [5.74, 6) is 1.16. The molecule has 1 aliphatic heterocycles. The number of hydrogen-bond acceptors (Lipinski definition) is 3. The fourth-order valence-corrected chi connectivity index (χ4v) is 1.84. The molecular formula is C15H31IN4O2. The Bertz CT molecular complexity index is 355.